The summed E-state index contributed by atoms with van der Waals surface area (Å²) in [6, 6.07) is 3.14. The van der Waals surface area contributed by atoms with Gasteiger partial charge < -0.3 is 10.6 Å². The highest BCUT2D eigenvalue weighted by Gasteiger charge is 2.10. The van der Waals surface area contributed by atoms with E-state index in [0.29, 0.717) is 18.7 Å². The molecule has 0 aromatic carbocycles. The first-order valence-corrected chi connectivity index (χ1v) is 7.21. The molecule has 20 heavy (non-hydrogen) atoms. The van der Waals surface area contributed by atoms with Gasteiger partial charge in [0.1, 0.15) is 5.69 Å². The number of carbonyl (C=O) groups is 2. The average molecular weight is 277 g/mol. The fourth-order valence-corrected chi connectivity index (χ4v) is 1.70. The lowest BCUT2D eigenvalue weighted by atomic mass is 10.2. The van der Waals surface area contributed by atoms with Crippen LogP contribution >= 0.6 is 0 Å². The minimum Gasteiger partial charge on any atom is -0.352 e. The third-order valence-electron chi connectivity index (χ3n) is 2.86. The third kappa shape index (κ3) is 5.38. The highest BCUT2D eigenvalue weighted by molar-refractivity contribution is 5.98. The van der Waals surface area contributed by atoms with Crippen molar-refractivity contribution in [2.75, 3.05) is 13.1 Å². The van der Waals surface area contributed by atoms with Gasteiger partial charge >= 0.3 is 0 Å². The first-order valence-electron chi connectivity index (χ1n) is 7.21. The number of rotatable bonds is 8. The van der Waals surface area contributed by atoms with Crippen molar-refractivity contribution in [3.8, 4) is 0 Å². The molecule has 0 aliphatic rings. The Morgan fingerprint density at radius 3 is 2.50 bits per heavy atom. The highest BCUT2D eigenvalue weighted by Crippen LogP contribution is 2.02. The van der Waals surface area contributed by atoms with E-state index in [1.54, 1.807) is 6.07 Å². The van der Waals surface area contributed by atoms with Crippen LogP contribution in [0.4, 0.5) is 0 Å². The first-order chi connectivity index (χ1) is 9.69. The Morgan fingerprint density at radius 2 is 1.80 bits per heavy atom. The molecule has 0 saturated carbocycles. The number of unbranched alkanes of at least 4 members (excludes halogenated alkanes) is 2. The number of carbonyl (C=O) groups excluding carboxylic acids is 2. The molecular weight excluding hydrogens is 254 g/mol. The molecule has 0 saturated heterocycles. The number of nitrogens with one attached hydrogen (secondary N) is 2. The van der Waals surface area contributed by atoms with Crippen LogP contribution in [0.1, 0.15) is 60.4 Å². The van der Waals surface area contributed by atoms with Gasteiger partial charge in [0.15, 0.2) is 0 Å². The molecule has 1 heterocycles. The number of hydrogen-bond acceptors (Lipinski definition) is 3. The van der Waals surface area contributed by atoms with Gasteiger partial charge in [-0.1, -0.05) is 26.7 Å². The molecule has 5 heteroatoms. The quantitative estimate of drug-likeness (QED) is 0.715. The molecule has 0 aliphatic carbocycles. The van der Waals surface area contributed by atoms with E-state index in [0.717, 1.165) is 25.7 Å². The lowest BCUT2D eigenvalue weighted by molar-refractivity contribution is 0.0948. The number of pyridine rings is 1. The molecular formula is C15H23N3O2. The van der Waals surface area contributed by atoms with Crippen molar-refractivity contribution >= 4 is 11.8 Å². The summed E-state index contributed by atoms with van der Waals surface area (Å²) < 4.78 is 0. The van der Waals surface area contributed by atoms with E-state index in [4.69, 9.17) is 0 Å². The molecule has 1 aromatic rings. The molecule has 2 N–H and O–H groups in total. The second-order valence-corrected chi connectivity index (χ2v) is 4.65. The average Bonchev–Trinajstić information content (AvgIpc) is 2.49. The Labute approximate surface area is 120 Å². The molecule has 5 nitrogen and oxygen atoms in total. The second kappa shape index (κ2) is 9.07. The summed E-state index contributed by atoms with van der Waals surface area (Å²) >= 11 is 0. The fourth-order valence-electron chi connectivity index (χ4n) is 1.70. The monoisotopic (exact) mass is 277 g/mol. The lowest BCUT2D eigenvalue weighted by Crippen LogP contribution is -2.27. The van der Waals surface area contributed by atoms with Crippen molar-refractivity contribution in [1.82, 2.24) is 15.6 Å². The standard InChI is InChI=1S/C15H23N3O2/c1-3-5-6-9-18-15(20)13-11-12(7-10-16-13)14(19)17-8-4-2/h7,10-11H,3-6,8-9H2,1-2H3,(H,17,19)(H,18,20). The zero-order valence-corrected chi connectivity index (χ0v) is 12.2. The van der Waals surface area contributed by atoms with E-state index < -0.39 is 0 Å². The maximum absolute atomic E-state index is 11.9. The number of nitrogens with zero attached hydrogens (tertiary/aromatic N) is 1. The fraction of sp³-hybridized carbons (Fsp3) is 0.533. The Hall–Kier alpha value is -1.91. The normalized spacial score (nSPS) is 10.1. The maximum atomic E-state index is 11.9. The van der Waals surface area contributed by atoms with Gasteiger partial charge in [-0.15, -0.1) is 0 Å². The van der Waals surface area contributed by atoms with Crippen LogP contribution in [0.2, 0.25) is 0 Å². The van der Waals surface area contributed by atoms with Gasteiger partial charge in [0, 0.05) is 24.8 Å². The van der Waals surface area contributed by atoms with E-state index in [2.05, 4.69) is 22.5 Å². The van der Waals surface area contributed by atoms with Crippen molar-refractivity contribution in [3.05, 3.63) is 29.6 Å². The van der Waals surface area contributed by atoms with Crippen LogP contribution in [0.25, 0.3) is 0 Å². The van der Waals surface area contributed by atoms with Gasteiger partial charge in [0.2, 0.25) is 0 Å². The van der Waals surface area contributed by atoms with Gasteiger partial charge in [-0.25, -0.2) is 0 Å². The van der Waals surface area contributed by atoms with Crippen molar-refractivity contribution in [2.45, 2.75) is 39.5 Å². The van der Waals surface area contributed by atoms with Crippen LogP contribution in [0.15, 0.2) is 18.3 Å². The predicted molar refractivity (Wildman–Crippen MR) is 78.7 cm³/mol. The Morgan fingerprint density at radius 1 is 1.05 bits per heavy atom. The number of hydrogen-bond donors (Lipinski definition) is 2. The molecule has 2 amide bonds. The van der Waals surface area contributed by atoms with Crippen LogP contribution in [0.5, 0.6) is 0 Å². The summed E-state index contributed by atoms with van der Waals surface area (Å²) in [5.41, 5.74) is 0.748. The SMILES string of the molecule is CCCCCNC(=O)c1cc(C(=O)NCCC)ccn1. The van der Waals surface area contributed by atoms with Crippen molar-refractivity contribution in [1.29, 1.82) is 0 Å². The number of aromatic nitrogens is 1. The molecule has 0 bridgehead atoms. The maximum Gasteiger partial charge on any atom is 0.269 e. The van der Waals surface area contributed by atoms with Crippen LogP contribution in [-0.2, 0) is 0 Å². The minimum atomic E-state index is -0.230. The Balaban J connectivity index is 2.58. The zero-order valence-electron chi connectivity index (χ0n) is 12.2. The molecule has 1 rings (SSSR count). The third-order valence-corrected chi connectivity index (χ3v) is 2.86. The van der Waals surface area contributed by atoms with Crippen LogP contribution in [0.3, 0.4) is 0 Å². The summed E-state index contributed by atoms with van der Waals surface area (Å²) in [6.45, 7) is 5.37. The van der Waals surface area contributed by atoms with Crippen LogP contribution < -0.4 is 10.6 Å². The molecule has 0 spiro atoms. The summed E-state index contributed by atoms with van der Waals surface area (Å²) in [6.07, 6.45) is 5.52. The molecule has 0 aliphatic heterocycles. The van der Waals surface area contributed by atoms with Gasteiger partial charge in [-0.2, -0.15) is 0 Å². The van der Waals surface area contributed by atoms with Crippen molar-refractivity contribution in [3.63, 3.8) is 0 Å². The lowest BCUT2D eigenvalue weighted by Gasteiger charge is -2.06. The molecule has 0 unspecified atom stereocenters. The van der Waals surface area contributed by atoms with Crippen LogP contribution in [-0.4, -0.2) is 29.9 Å². The van der Waals surface area contributed by atoms with Gasteiger partial charge in [0.05, 0.1) is 0 Å². The largest absolute Gasteiger partial charge is 0.352 e. The second-order valence-electron chi connectivity index (χ2n) is 4.65. The van der Waals surface area contributed by atoms with E-state index in [1.807, 2.05) is 6.92 Å². The molecule has 0 radical (unpaired) electrons. The Bertz CT molecular complexity index is 446. The smallest absolute Gasteiger partial charge is 0.269 e. The topological polar surface area (TPSA) is 71.1 Å². The summed E-state index contributed by atoms with van der Waals surface area (Å²) in [4.78, 5) is 27.7. The van der Waals surface area contributed by atoms with Gasteiger partial charge in [0.25, 0.3) is 11.8 Å². The Kier molecular flexibility index (Phi) is 7.32. The van der Waals surface area contributed by atoms with E-state index in [1.165, 1.54) is 12.3 Å². The summed E-state index contributed by atoms with van der Waals surface area (Å²) in [7, 11) is 0. The predicted octanol–water partition coefficient (Wildman–Crippen LogP) is 2.14. The summed E-state index contributed by atoms with van der Waals surface area (Å²) in [5, 5.41) is 5.59. The minimum absolute atomic E-state index is 0.172. The molecule has 0 atom stereocenters. The van der Waals surface area contributed by atoms with E-state index in [-0.39, 0.29) is 17.5 Å². The summed E-state index contributed by atoms with van der Waals surface area (Å²) in [5.74, 6) is -0.402. The highest BCUT2D eigenvalue weighted by atomic mass is 16.2. The van der Waals surface area contributed by atoms with E-state index in [9.17, 15) is 9.59 Å². The molecule has 110 valence electrons. The molecule has 0 fully saturated rings. The first kappa shape index (κ1) is 16.1. The van der Waals surface area contributed by atoms with Crippen LogP contribution in [0, 0.1) is 0 Å². The van der Waals surface area contributed by atoms with Crippen molar-refractivity contribution in [2.24, 2.45) is 0 Å². The molecule has 1 aromatic heterocycles. The number of amides is 2. The van der Waals surface area contributed by atoms with E-state index >= 15 is 0 Å². The zero-order chi connectivity index (χ0) is 14.8. The van der Waals surface area contributed by atoms with Gasteiger partial charge in [-0.05, 0) is 25.0 Å². The van der Waals surface area contributed by atoms with Gasteiger partial charge in [-0.3, -0.25) is 14.6 Å². The van der Waals surface area contributed by atoms with Crippen molar-refractivity contribution < 1.29 is 9.59 Å².